The summed E-state index contributed by atoms with van der Waals surface area (Å²) in [6.07, 6.45) is 2.14. The van der Waals surface area contributed by atoms with Crippen molar-refractivity contribution in [3.8, 4) is 11.5 Å². The average Bonchev–Trinajstić information content (AvgIpc) is 2.61. The minimum Gasteiger partial charge on any atom is -0.494 e. The van der Waals surface area contributed by atoms with Gasteiger partial charge < -0.3 is 14.8 Å². The Hall–Kier alpha value is -2.16. The van der Waals surface area contributed by atoms with Crippen molar-refractivity contribution in [1.29, 1.82) is 0 Å². The van der Waals surface area contributed by atoms with E-state index < -0.39 is 0 Å². The molecule has 0 amide bonds. The highest BCUT2D eigenvalue weighted by molar-refractivity contribution is 5.49. The lowest BCUT2D eigenvalue weighted by Gasteiger charge is -2.14. The zero-order valence-corrected chi connectivity index (χ0v) is 16.6. The highest BCUT2D eigenvalue weighted by atomic mass is 16.5. The fourth-order valence-corrected chi connectivity index (χ4v) is 2.50. The van der Waals surface area contributed by atoms with E-state index in [9.17, 15) is 0 Å². The molecule has 2 rings (SSSR count). The summed E-state index contributed by atoms with van der Waals surface area (Å²) >= 11 is 0. The molecule has 0 aliphatic rings. The van der Waals surface area contributed by atoms with E-state index in [1.54, 1.807) is 0 Å². The van der Waals surface area contributed by atoms with Crippen LogP contribution in [-0.4, -0.2) is 13.2 Å². The van der Waals surface area contributed by atoms with Gasteiger partial charge in [-0.3, -0.25) is 0 Å². The second-order valence-electron chi connectivity index (χ2n) is 7.55. The van der Waals surface area contributed by atoms with E-state index in [-0.39, 0.29) is 0 Å². The lowest BCUT2D eigenvalue weighted by atomic mass is 10.1. The van der Waals surface area contributed by atoms with Crippen LogP contribution in [0.4, 0.5) is 5.69 Å². The van der Waals surface area contributed by atoms with Crippen LogP contribution in [0.15, 0.2) is 48.5 Å². The van der Waals surface area contributed by atoms with Crippen LogP contribution in [-0.2, 0) is 6.54 Å². The van der Waals surface area contributed by atoms with Crippen molar-refractivity contribution in [3.05, 3.63) is 54.1 Å². The van der Waals surface area contributed by atoms with E-state index in [1.807, 2.05) is 24.3 Å². The maximum atomic E-state index is 5.97. The Bertz CT molecular complexity index is 652. The van der Waals surface area contributed by atoms with Gasteiger partial charge >= 0.3 is 0 Å². The highest BCUT2D eigenvalue weighted by Crippen LogP contribution is 2.22. The molecule has 0 radical (unpaired) electrons. The van der Waals surface area contributed by atoms with Crippen molar-refractivity contribution in [1.82, 2.24) is 0 Å². The number of para-hydroxylation sites is 1. The summed E-state index contributed by atoms with van der Waals surface area (Å²) < 4.78 is 11.8. The Morgan fingerprint density at radius 2 is 1.50 bits per heavy atom. The van der Waals surface area contributed by atoms with Gasteiger partial charge in [-0.1, -0.05) is 52.0 Å². The molecule has 0 aliphatic carbocycles. The van der Waals surface area contributed by atoms with E-state index in [0.717, 1.165) is 49.8 Å². The van der Waals surface area contributed by atoms with E-state index in [0.29, 0.717) is 11.8 Å². The Labute approximate surface area is 158 Å². The number of ether oxygens (including phenoxy) is 2. The molecule has 142 valence electrons. The van der Waals surface area contributed by atoms with Gasteiger partial charge in [-0.2, -0.15) is 0 Å². The highest BCUT2D eigenvalue weighted by Gasteiger charge is 2.05. The van der Waals surface area contributed by atoms with Gasteiger partial charge in [-0.25, -0.2) is 0 Å². The first kappa shape index (κ1) is 20.2. The van der Waals surface area contributed by atoms with Gasteiger partial charge in [0, 0.05) is 23.9 Å². The summed E-state index contributed by atoms with van der Waals surface area (Å²) in [5, 5.41) is 3.48. The lowest BCUT2D eigenvalue weighted by Crippen LogP contribution is -2.06. The topological polar surface area (TPSA) is 30.5 Å². The van der Waals surface area contributed by atoms with Crippen molar-refractivity contribution in [2.24, 2.45) is 11.8 Å². The summed E-state index contributed by atoms with van der Waals surface area (Å²) in [4.78, 5) is 0. The maximum Gasteiger partial charge on any atom is 0.124 e. The van der Waals surface area contributed by atoms with E-state index >= 15 is 0 Å². The van der Waals surface area contributed by atoms with Crippen molar-refractivity contribution in [2.45, 2.75) is 47.1 Å². The van der Waals surface area contributed by atoms with Crippen molar-refractivity contribution in [3.63, 3.8) is 0 Å². The molecule has 0 spiro atoms. The Balaban J connectivity index is 1.90. The van der Waals surface area contributed by atoms with Crippen LogP contribution in [0, 0.1) is 11.8 Å². The molecule has 1 N–H and O–H groups in total. The zero-order valence-electron chi connectivity index (χ0n) is 16.6. The van der Waals surface area contributed by atoms with Gasteiger partial charge in [0.1, 0.15) is 11.5 Å². The first-order valence-electron chi connectivity index (χ1n) is 9.72. The SMILES string of the molecule is CC(C)CCOc1cccc(NCc2ccccc2OCCC(C)C)c1. The van der Waals surface area contributed by atoms with Crippen LogP contribution in [0.2, 0.25) is 0 Å². The number of anilines is 1. The van der Waals surface area contributed by atoms with Crippen LogP contribution in [0.3, 0.4) is 0 Å². The fraction of sp³-hybridized carbons (Fsp3) is 0.478. The van der Waals surface area contributed by atoms with Crippen LogP contribution in [0.5, 0.6) is 11.5 Å². The summed E-state index contributed by atoms with van der Waals surface area (Å²) in [6.45, 7) is 11.1. The van der Waals surface area contributed by atoms with Crippen molar-refractivity contribution < 1.29 is 9.47 Å². The predicted octanol–water partition coefficient (Wildman–Crippen LogP) is 6.15. The van der Waals surface area contributed by atoms with Crippen LogP contribution < -0.4 is 14.8 Å². The van der Waals surface area contributed by atoms with E-state index in [1.165, 1.54) is 5.56 Å². The van der Waals surface area contributed by atoms with Gasteiger partial charge in [0.25, 0.3) is 0 Å². The second kappa shape index (κ2) is 10.7. The first-order chi connectivity index (χ1) is 12.5. The number of rotatable bonds is 11. The quantitative estimate of drug-likeness (QED) is 0.524. The third kappa shape index (κ3) is 7.38. The van der Waals surface area contributed by atoms with Gasteiger partial charge in [0.2, 0.25) is 0 Å². The standard InChI is InChI=1S/C23H33NO2/c1-18(2)12-14-25-22-10-7-9-21(16-22)24-17-20-8-5-6-11-23(20)26-15-13-19(3)4/h5-11,16,18-19,24H,12-15,17H2,1-4H3. The Morgan fingerprint density at radius 3 is 2.23 bits per heavy atom. The molecule has 0 atom stereocenters. The predicted molar refractivity (Wildman–Crippen MR) is 110 cm³/mol. The van der Waals surface area contributed by atoms with Gasteiger partial charge in [0.05, 0.1) is 13.2 Å². The normalized spacial score (nSPS) is 11.0. The number of hydrogen-bond acceptors (Lipinski definition) is 3. The van der Waals surface area contributed by atoms with Gasteiger partial charge in [-0.15, -0.1) is 0 Å². The fourth-order valence-electron chi connectivity index (χ4n) is 2.50. The molecule has 0 heterocycles. The summed E-state index contributed by atoms with van der Waals surface area (Å²) in [5.74, 6) is 3.18. The smallest absolute Gasteiger partial charge is 0.124 e. The molecular formula is C23H33NO2. The first-order valence-corrected chi connectivity index (χ1v) is 9.72. The third-order valence-corrected chi connectivity index (χ3v) is 4.21. The molecule has 2 aromatic rings. The molecule has 3 heteroatoms. The summed E-state index contributed by atoms with van der Waals surface area (Å²) in [6, 6.07) is 16.4. The maximum absolute atomic E-state index is 5.97. The zero-order chi connectivity index (χ0) is 18.8. The minimum absolute atomic E-state index is 0.652. The Kier molecular flexibility index (Phi) is 8.33. The Morgan fingerprint density at radius 1 is 0.808 bits per heavy atom. The summed E-state index contributed by atoms with van der Waals surface area (Å²) in [5.41, 5.74) is 2.23. The van der Waals surface area contributed by atoms with Crippen LogP contribution >= 0.6 is 0 Å². The van der Waals surface area contributed by atoms with Crippen molar-refractivity contribution >= 4 is 5.69 Å². The third-order valence-electron chi connectivity index (χ3n) is 4.21. The molecule has 2 aromatic carbocycles. The van der Waals surface area contributed by atoms with Gasteiger partial charge in [-0.05, 0) is 42.9 Å². The molecule has 0 saturated carbocycles. The van der Waals surface area contributed by atoms with Crippen LogP contribution in [0.1, 0.15) is 46.1 Å². The largest absolute Gasteiger partial charge is 0.494 e. The lowest BCUT2D eigenvalue weighted by molar-refractivity contribution is 0.287. The minimum atomic E-state index is 0.652. The molecule has 0 fully saturated rings. The summed E-state index contributed by atoms with van der Waals surface area (Å²) in [7, 11) is 0. The molecule has 0 aromatic heterocycles. The molecule has 0 aliphatic heterocycles. The molecule has 3 nitrogen and oxygen atoms in total. The van der Waals surface area contributed by atoms with Gasteiger partial charge in [0.15, 0.2) is 0 Å². The number of hydrogen-bond donors (Lipinski definition) is 1. The molecule has 26 heavy (non-hydrogen) atoms. The monoisotopic (exact) mass is 355 g/mol. The average molecular weight is 356 g/mol. The molecule has 0 bridgehead atoms. The molecule has 0 unspecified atom stereocenters. The number of nitrogens with one attached hydrogen (secondary N) is 1. The van der Waals surface area contributed by atoms with Crippen LogP contribution in [0.25, 0.3) is 0 Å². The molecule has 0 saturated heterocycles. The molecular weight excluding hydrogens is 322 g/mol. The van der Waals surface area contributed by atoms with Crippen molar-refractivity contribution in [2.75, 3.05) is 18.5 Å². The van der Waals surface area contributed by atoms with E-state index in [4.69, 9.17) is 9.47 Å². The van der Waals surface area contributed by atoms with E-state index in [2.05, 4.69) is 57.3 Å². The second-order valence-corrected chi connectivity index (χ2v) is 7.55. The number of benzene rings is 2.